The summed E-state index contributed by atoms with van der Waals surface area (Å²) in [6.45, 7) is 0. The zero-order valence-corrected chi connectivity index (χ0v) is 10.6. The summed E-state index contributed by atoms with van der Waals surface area (Å²) in [5, 5.41) is 4.27. The Morgan fingerprint density at radius 3 is 3.00 bits per heavy atom. The number of hydrogen-bond donors (Lipinski definition) is 1. The summed E-state index contributed by atoms with van der Waals surface area (Å²) in [5.74, 6) is 0. The molecule has 1 saturated carbocycles. The third kappa shape index (κ3) is 2.03. The van der Waals surface area contributed by atoms with Gasteiger partial charge >= 0.3 is 0 Å². The molecule has 3 nitrogen and oxygen atoms in total. The number of aromatic nitrogens is 2. The van der Waals surface area contributed by atoms with Crippen LogP contribution in [-0.4, -0.2) is 15.6 Å². The molecule has 2 aromatic rings. The van der Waals surface area contributed by atoms with Crippen LogP contribution < -0.4 is 5.73 Å². The van der Waals surface area contributed by atoms with Gasteiger partial charge in [-0.25, -0.2) is 4.98 Å². The van der Waals surface area contributed by atoms with Gasteiger partial charge in [0, 0.05) is 17.0 Å². The first-order valence-corrected chi connectivity index (χ1v) is 7.10. The first-order chi connectivity index (χ1) is 8.36. The normalized spacial score (nSPS) is 25.0. The smallest absolute Gasteiger partial charge is 0.0954 e. The SMILES string of the molecule is NC1CCCCC1n1cncc1-c1ccsc1. The monoisotopic (exact) mass is 247 g/mol. The van der Waals surface area contributed by atoms with Gasteiger partial charge in [0.2, 0.25) is 0 Å². The van der Waals surface area contributed by atoms with Crippen LogP contribution in [0.25, 0.3) is 11.3 Å². The summed E-state index contributed by atoms with van der Waals surface area (Å²) in [7, 11) is 0. The molecular weight excluding hydrogens is 230 g/mol. The second-order valence-electron chi connectivity index (χ2n) is 4.71. The van der Waals surface area contributed by atoms with Crippen molar-refractivity contribution in [1.82, 2.24) is 9.55 Å². The highest BCUT2D eigenvalue weighted by atomic mass is 32.1. The quantitative estimate of drug-likeness (QED) is 0.886. The molecule has 90 valence electrons. The fourth-order valence-electron chi connectivity index (χ4n) is 2.69. The predicted octanol–water partition coefficient (Wildman–Crippen LogP) is 3.05. The second-order valence-corrected chi connectivity index (χ2v) is 5.49. The first kappa shape index (κ1) is 11.0. The van der Waals surface area contributed by atoms with Crippen LogP contribution in [0, 0.1) is 0 Å². The highest BCUT2D eigenvalue weighted by Gasteiger charge is 2.25. The fourth-order valence-corrected chi connectivity index (χ4v) is 3.34. The Morgan fingerprint density at radius 1 is 1.35 bits per heavy atom. The minimum absolute atomic E-state index is 0.273. The van der Waals surface area contributed by atoms with Gasteiger partial charge in [-0.1, -0.05) is 12.8 Å². The molecule has 2 N–H and O–H groups in total. The highest BCUT2D eigenvalue weighted by Crippen LogP contribution is 2.32. The van der Waals surface area contributed by atoms with E-state index in [1.165, 1.54) is 30.5 Å². The van der Waals surface area contributed by atoms with Crippen molar-refractivity contribution in [2.24, 2.45) is 5.73 Å². The molecule has 1 aliphatic carbocycles. The lowest BCUT2D eigenvalue weighted by atomic mass is 9.90. The van der Waals surface area contributed by atoms with Gasteiger partial charge in [0.25, 0.3) is 0 Å². The average molecular weight is 247 g/mol. The molecule has 0 bridgehead atoms. The molecule has 0 amide bonds. The number of nitrogens with two attached hydrogens (primary N) is 1. The maximum Gasteiger partial charge on any atom is 0.0954 e. The molecule has 0 aromatic carbocycles. The second kappa shape index (κ2) is 4.63. The van der Waals surface area contributed by atoms with Gasteiger partial charge in [-0.3, -0.25) is 0 Å². The molecule has 3 rings (SSSR count). The highest BCUT2D eigenvalue weighted by molar-refractivity contribution is 7.08. The molecule has 0 radical (unpaired) electrons. The summed E-state index contributed by atoms with van der Waals surface area (Å²) in [4.78, 5) is 4.30. The van der Waals surface area contributed by atoms with Crippen molar-refractivity contribution >= 4 is 11.3 Å². The van der Waals surface area contributed by atoms with Crippen LogP contribution in [-0.2, 0) is 0 Å². The molecule has 0 aliphatic heterocycles. The Balaban J connectivity index is 1.95. The molecule has 2 atom stereocenters. The topological polar surface area (TPSA) is 43.8 Å². The molecule has 2 heterocycles. The molecule has 2 unspecified atom stereocenters. The maximum atomic E-state index is 6.25. The number of nitrogens with zero attached hydrogens (tertiary/aromatic N) is 2. The summed E-state index contributed by atoms with van der Waals surface area (Å²) >= 11 is 1.72. The van der Waals surface area contributed by atoms with E-state index in [2.05, 4.69) is 26.4 Å². The molecule has 0 saturated heterocycles. The van der Waals surface area contributed by atoms with E-state index in [0.29, 0.717) is 6.04 Å². The zero-order valence-electron chi connectivity index (χ0n) is 9.75. The van der Waals surface area contributed by atoms with E-state index in [4.69, 9.17) is 5.73 Å². The van der Waals surface area contributed by atoms with Crippen molar-refractivity contribution in [1.29, 1.82) is 0 Å². The molecule has 0 spiro atoms. The van der Waals surface area contributed by atoms with E-state index in [1.54, 1.807) is 11.3 Å². The maximum absolute atomic E-state index is 6.25. The minimum atomic E-state index is 0.273. The van der Waals surface area contributed by atoms with Crippen LogP contribution in [0.3, 0.4) is 0 Å². The van der Waals surface area contributed by atoms with E-state index in [0.717, 1.165) is 6.42 Å². The Hall–Kier alpha value is -1.13. The Bertz CT molecular complexity index is 475. The van der Waals surface area contributed by atoms with Crippen molar-refractivity contribution in [3.8, 4) is 11.3 Å². The van der Waals surface area contributed by atoms with Gasteiger partial charge in [0.05, 0.1) is 24.3 Å². The Morgan fingerprint density at radius 2 is 2.24 bits per heavy atom. The largest absolute Gasteiger partial charge is 0.326 e. The first-order valence-electron chi connectivity index (χ1n) is 6.16. The lowest BCUT2D eigenvalue weighted by molar-refractivity contribution is 0.308. The minimum Gasteiger partial charge on any atom is -0.326 e. The molecule has 4 heteroatoms. The van der Waals surface area contributed by atoms with Crippen molar-refractivity contribution < 1.29 is 0 Å². The van der Waals surface area contributed by atoms with Crippen LogP contribution in [0.15, 0.2) is 29.4 Å². The van der Waals surface area contributed by atoms with Gasteiger partial charge in [-0.05, 0) is 24.3 Å². The third-order valence-electron chi connectivity index (χ3n) is 3.62. The molecule has 1 fully saturated rings. The van der Waals surface area contributed by atoms with Crippen LogP contribution in [0.4, 0.5) is 0 Å². The van der Waals surface area contributed by atoms with Crippen LogP contribution in [0.1, 0.15) is 31.7 Å². The van der Waals surface area contributed by atoms with Crippen LogP contribution >= 0.6 is 11.3 Å². The van der Waals surface area contributed by atoms with E-state index in [-0.39, 0.29) is 6.04 Å². The van der Waals surface area contributed by atoms with Gasteiger partial charge < -0.3 is 10.3 Å². The Labute approximate surface area is 105 Å². The van der Waals surface area contributed by atoms with Crippen molar-refractivity contribution in [2.45, 2.75) is 37.8 Å². The average Bonchev–Trinajstić information content (AvgIpc) is 3.00. The molecule has 2 aromatic heterocycles. The summed E-state index contributed by atoms with van der Waals surface area (Å²) in [6, 6.07) is 2.84. The van der Waals surface area contributed by atoms with Crippen molar-refractivity contribution in [2.75, 3.05) is 0 Å². The standard InChI is InChI=1S/C13H17N3S/c14-11-3-1-2-4-12(11)16-9-15-7-13(16)10-5-6-17-8-10/h5-9,11-12H,1-4,14H2. The lowest BCUT2D eigenvalue weighted by Gasteiger charge is -2.30. The predicted molar refractivity (Wildman–Crippen MR) is 71.0 cm³/mol. The van der Waals surface area contributed by atoms with Crippen LogP contribution in [0.2, 0.25) is 0 Å². The molecular formula is C13H17N3S. The summed E-state index contributed by atoms with van der Waals surface area (Å²) in [6.07, 6.45) is 8.73. The number of thiophene rings is 1. The van der Waals surface area contributed by atoms with Gasteiger partial charge in [0.15, 0.2) is 0 Å². The number of rotatable bonds is 2. The third-order valence-corrected chi connectivity index (χ3v) is 4.31. The van der Waals surface area contributed by atoms with Crippen LogP contribution in [0.5, 0.6) is 0 Å². The zero-order chi connectivity index (χ0) is 11.7. The summed E-state index contributed by atoms with van der Waals surface area (Å²) < 4.78 is 2.27. The Kier molecular flexibility index (Phi) is 2.99. The van der Waals surface area contributed by atoms with Gasteiger partial charge in [0.1, 0.15) is 0 Å². The van der Waals surface area contributed by atoms with E-state index >= 15 is 0 Å². The van der Waals surface area contributed by atoms with Gasteiger partial charge in [-0.15, -0.1) is 0 Å². The van der Waals surface area contributed by atoms with Crippen molar-refractivity contribution in [3.63, 3.8) is 0 Å². The molecule has 17 heavy (non-hydrogen) atoms. The van der Waals surface area contributed by atoms with E-state index in [9.17, 15) is 0 Å². The molecule has 1 aliphatic rings. The number of hydrogen-bond acceptors (Lipinski definition) is 3. The fraction of sp³-hybridized carbons (Fsp3) is 0.462. The lowest BCUT2D eigenvalue weighted by Crippen LogP contribution is -2.34. The van der Waals surface area contributed by atoms with E-state index in [1.807, 2.05) is 12.5 Å². The summed E-state index contributed by atoms with van der Waals surface area (Å²) in [5.41, 5.74) is 8.70. The van der Waals surface area contributed by atoms with Gasteiger partial charge in [-0.2, -0.15) is 11.3 Å². The number of imidazole rings is 1. The van der Waals surface area contributed by atoms with E-state index < -0.39 is 0 Å². The van der Waals surface area contributed by atoms with Crippen molar-refractivity contribution in [3.05, 3.63) is 29.4 Å².